The van der Waals surface area contributed by atoms with E-state index in [1.165, 1.54) is 6.92 Å². The number of hydrogen-bond donors (Lipinski definition) is 4. The van der Waals surface area contributed by atoms with E-state index >= 15 is 0 Å². The molecule has 23 heavy (non-hydrogen) atoms. The van der Waals surface area contributed by atoms with E-state index in [1.807, 2.05) is 24.3 Å². The maximum atomic E-state index is 11.9. The van der Waals surface area contributed by atoms with Crippen LogP contribution in [0.2, 0.25) is 0 Å². The number of hydrogen-bond acceptors (Lipinski definition) is 3. The Morgan fingerprint density at radius 3 is 2.17 bits per heavy atom. The molecule has 0 atom stereocenters. The van der Waals surface area contributed by atoms with Crippen LogP contribution in [0.5, 0.6) is 0 Å². The molecule has 0 aromatic heterocycles. The lowest BCUT2D eigenvalue weighted by atomic mass is 10.1. The van der Waals surface area contributed by atoms with Gasteiger partial charge in [-0.25, -0.2) is 4.79 Å². The van der Waals surface area contributed by atoms with Gasteiger partial charge in [0, 0.05) is 24.8 Å². The van der Waals surface area contributed by atoms with Gasteiger partial charge in [-0.05, 0) is 29.3 Å². The molecule has 0 unspecified atom stereocenters. The molecule has 4 N–H and O–H groups in total. The first-order chi connectivity index (χ1) is 11.1. The van der Waals surface area contributed by atoms with E-state index in [0.717, 1.165) is 11.1 Å². The quantitative estimate of drug-likeness (QED) is 0.683. The molecule has 0 aliphatic heterocycles. The average Bonchev–Trinajstić information content (AvgIpc) is 2.53. The number of aliphatic hydroxyl groups is 1. The summed E-state index contributed by atoms with van der Waals surface area (Å²) in [5, 5.41) is 17.1. The molecule has 0 fully saturated rings. The Morgan fingerprint density at radius 2 is 1.57 bits per heavy atom. The first kappa shape index (κ1) is 16.5. The first-order valence-electron chi connectivity index (χ1n) is 7.18. The first-order valence-corrected chi connectivity index (χ1v) is 7.18. The molecule has 0 saturated carbocycles. The normalized spacial score (nSPS) is 10.0. The Balaban J connectivity index is 1.87. The number of nitrogens with one attached hydrogen (secondary N) is 3. The van der Waals surface area contributed by atoms with E-state index in [0.29, 0.717) is 17.9 Å². The van der Waals surface area contributed by atoms with Crippen LogP contribution in [-0.4, -0.2) is 17.0 Å². The third kappa shape index (κ3) is 5.44. The lowest BCUT2D eigenvalue weighted by Crippen LogP contribution is -2.28. The fourth-order valence-electron chi connectivity index (χ4n) is 2.00. The number of anilines is 2. The van der Waals surface area contributed by atoms with Crippen molar-refractivity contribution in [2.24, 2.45) is 0 Å². The number of benzene rings is 2. The molecule has 3 amide bonds. The Morgan fingerprint density at radius 1 is 0.957 bits per heavy atom. The Labute approximate surface area is 134 Å². The molecule has 0 heterocycles. The number of carbonyl (C=O) groups excluding carboxylic acids is 2. The molecule has 0 spiro atoms. The minimum Gasteiger partial charge on any atom is -0.392 e. The van der Waals surface area contributed by atoms with E-state index in [1.54, 1.807) is 24.3 Å². The van der Waals surface area contributed by atoms with Gasteiger partial charge < -0.3 is 21.1 Å². The van der Waals surface area contributed by atoms with Gasteiger partial charge in [0.05, 0.1) is 6.61 Å². The van der Waals surface area contributed by atoms with Crippen LogP contribution < -0.4 is 16.0 Å². The highest BCUT2D eigenvalue weighted by Gasteiger charge is 2.03. The largest absolute Gasteiger partial charge is 0.392 e. The summed E-state index contributed by atoms with van der Waals surface area (Å²) in [6, 6.07) is 13.9. The van der Waals surface area contributed by atoms with E-state index in [2.05, 4.69) is 16.0 Å². The fraction of sp³-hybridized carbons (Fsp3) is 0.176. The summed E-state index contributed by atoms with van der Waals surface area (Å²) in [5.41, 5.74) is 2.97. The molecule has 0 bridgehead atoms. The zero-order valence-corrected chi connectivity index (χ0v) is 12.8. The molecular weight excluding hydrogens is 294 g/mol. The van der Waals surface area contributed by atoms with Crippen molar-refractivity contribution in [2.45, 2.75) is 20.1 Å². The summed E-state index contributed by atoms with van der Waals surface area (Å²) < 4.78 is 0. The molecule has 120 valence electrons. The fourth-order valence-corrected chi connectivity index (χ4v) is 2.00. The standard InChI is InChI=1S/C17H19N3O3/c1-12(22)19-15-3-2-4-16(9-15)20-17(23)18-10-13-5-7-14(11-21)8-6-13/h2-9,21H,10-11H2,1H3,(H,19,22)(H2,18,20,23). The highest BCUT2D eigenvalue weighted by Crippen LogP contribution is 2.15. The van der Waals surface area contributed by atoms with Crippen LogP contribution in [0.3, 0.4) is 0 Å². The number of aliphatic hydroxyl groups excluding tert-OH is 1. The summed E-state index contributed by atoms with van der Waals surface area (Å²) in [5.74, 6) is -0.169. The van der Waals surface area contributed by atoms with Gasteiger partial charge in [-0.1, -0.05) is 30.3 Å². The average molecular weight is 313 g/mol. The molecular formula is C17H19N3O3. The Hall–Kier alpha value is -2.86. The summed E-state index contributed by atoms with van der Waals surface area (Å²) in [6.45, 7) is 1.80. The van der Waals surface area contributed by atoms with Crippen molar-refractivity contribution in [1.82, 2.24) is 5.32 Å². The topological polar surface area (TPSA) is 90.5 Å². The van der Waals surface area contributed by atoms with Gasteiger partial charge in [0.25, 0.3) is 0 Å². The second kappa shape index (κ2) is 7.95. The second-order valence-electron chi connectivity index (χ2n) is 5.04. The van der Waals surface area contributed by atoms with Crippen LogP contribution in [0.4, 0.5) is 16.2 Å². The molecule has 6 nitrogen and oxygen atoms in total. The SMILES string of the molecule is CC(=O)Nc1cccc(NC(=O)NCc2ccc(CO)cc2)c1. The van der Waals surface area contributed by atoms with Gasteiger partial charge in [-0.2, -0.15) is 0 Å². The molecule has 2 aromatic carbocycles. The molecule has 6 heteroatoms. The van der Waals surface area contributed by atoms with Crippen molar-refractivity contribution in [3.8, 4) is 0 Å². The van der Waals surface area contributed by atoms with Crippen LogP contribution in [0.1, 0.15) is 18.1 Å². The number of carbonyl (C=O) groups is 2. The molecule has 2 aromatic rings. The second-order valence-corrected chi connectivity index (χ2v) is 5.04. The van der Waals surface area contributed by atoms with Gasteiger partial charge in [0.1, 0.15) is 0 Å². The molecule has 0 aliphatic carbocycles. The molecule has 0 radical (unpaired) electrons. The maximum Gasteiger partial charge on any atom is 0.319 e. The van der Waals surface area contributed by atoms with Crippen molar-refractivity contribution in [2.75, 3.05) is 10.6 Å². The third-order valence-corrected chi connectivity index (χ3v) is 3.10. The van der Waals surface area contributed by atoms with Gasteiger partial charge in [-0.3, -0.25) is 4.79 Å². The predicted molar refractivity (Wildman–Crippen MR) is 89.0 cm³/mol. The zero-order chi connectivity index (χ0) is 16.7. The lowest BCUT2D eigenvalue weighted by molar-refractivity contribution is -0.114. The Kier molecular flexibility index (Phi) is 5.71. The summed E-state index contributed by atoms with van der Waals surface area (Å²) in [7, 11) is 0. The monoisotopic (exact) mass is 313 g/mol. The zero-order valence-electron chi connectivity index (χ0n) is 12.8. The lowest BCUT2D eigenvalue weighted by Gasteiger charge is -2.09. The predicted octanol–water partition coefficient (Wildman–Crippen LogP) is 2.46. The maximum absolute atomic E-state index is 11.9. The van der Waals surface area contributed by atoms with Crippen molar-refractivity contribution in [1.29, 1.82) is 0 Å². The third-order valence-electron chi connectivity index (χ3n) is 3.10. The van der Waals surface area contributed by atoms with E-state index in [9.17, 15) is 9.59 Å². The van der Waals surface area contributed by atoms with Gasteiger partial charge >= 0.3 is 6.03 Å². The number of amides is 3. The van der Waals surface area contributed by atoms with E-state index < -0.39 is 0 Å². The Bertz CT molecular complexity index is 684. The van der Waals surface area contributed by atoms with Gasteiger partial charge in [0.2, 0.25) is 5.91 Å². The van der Waals surface area contributed by atoms with E-state index in [4.69, 9.17) is 5.11 Å². The van der Waals surface area contributed by atoms with Gasteiger partial charge in [-0.15, -0.1) is 0 Å². The van der Waals surface area contributed by atoms with Crippen LogP contribution in [0.15, 0.2) is 48.5 Å². The van der Waals surface area contributed by atoms with Crippen molar-refractivity contribution in [3.63, 3.8) is 0 Å². The number of urea groups is 1. The summed E-state index contributed by atoms with van der Waals surface area (Å²) >= 11 is 0. The minimum atomic E-state index is -0.337. The molecule has 2 rings (SSSR count). The van der Waals surface area contributed by atoms with Crippen LogP contribution in [0, 0.1) is 0 Å². The highest BCUT2D eigenvalue weighted by atomic mass is 16.3. The molecule has 0 aliphatic rings. The van der Waals surface area contributed by atoms with Crippen LogP contribution in [-0.2, 0) is 17.9 Å². The van der Waals surface area contributed by atoms with Crippen molar-refractivity contribution < 1.29 is 14.7 Å². The summed E-state index contributed by atoms with van der Waals surface area (Å²) in [4.78, 5) is 22.9. The van der Waals surface area contributed by atoms with Crippen molar-refractivity contribution >= 4 is 23.3 Å². The van der Waals surface area contributed by atoms with Crippen LogP contribution >= 0.6 is 0 Å². The van der Waals surface area contributed by atoms with Crippen molar-refractivity contribution in [3.05, 3.63) is 59.7 Å². The number of rotatable bonds is 5. The highest BCUT2D eigenvalue weighted by molar-refractivity contribution is 5.92. The van der Waals surface area contributed by atoms with E-state index in [-0.39, 0.29) is 18.5 Å². The summed E-state index contributed by atoms with van der Waals surface area (Å²) in [6.07, 6.45) is 0. The van der Waals surface area contributed by atoms with Crippen LogP contribution in [0.25, 0.3) is 0 Å². The van der Waals surface area contributed by atoms with Gasteiger partial charge in [0.15, 0.2) is 0 Å². The molecule has 0 saturated heterocycles. The smallest absolute Gasteiger partial charge is 0.319 e. The minimum absolute atomic E-state index is 0.00116.